The van der Waals surface area contributed by atoms with E-state index in [1.807, 2.05) is 35.8 Å². The molecule has 152 valence electrons. The lowest BCUT2D eigenvalue weighted by atomic mass is 9.87. The zero-order valence-corrected chi connectivity index (χ0v) is 16.8. The van der Waals surface area contributed by atoms with Crippen molar-refractivity contribution in [2.75, 3.05) is 13.2 Å². The molecule has 6 heteroatoms. The Bertz CT molecular complexity index is 827. The third-order valence-electron chi connectivity index (χ3n) is 6.77. The molecule has 0 aromatic carbocycles. The largest absolute Gasteiger partial charge is 0.396 e. The van der Waals surface area contributed by atoms with Gasteiger partial charge in [-0.05, 0) is 51.3 Å². The van der Waals surface area contributed by atoms with Gasteiger partial charge in [-0.1, -0.05) is 19.1 Å². The molecule has 3 heterocycles. The van der Waals surface area contributed by atoms with Crippen LogP contribution in [0.4, 0.5) is 0 Å². The lowest BCUT2D eigenvalue weighted by Gasteiger charge is -2.34. The quantitative estimate of drug-likeness (QED) is 0.785. The van der Waals surface area contributed by atoms with E-state index in [1.54, 1.807) is 0 Å². The van der Waals surface area contributed by atoms with Gasteiger partial charge in [0.15, 0.2) is 0 Å². The molecule has 2 aliphatic heterocycles. The second kappa shape index (κ2) is 7.84. The number of nitrogens with zero attached hydrogens (tertiary/aromatic N) is 2. The summed E-state index contributed by atoms with van der Waals surface area (Å²) in [6.45, 7) is 5.34. The van der Waals surface area contributed by atoms with Crippen molar-refractivity contribution in [2.45, 2.75) is 64.2 Å². The summed E-state index contributed by atoms with van der Waals surface area (Å²) >= 11 is 0. The fourth-order valence-electron chi connectivity index (χ4n) is 5.29. The molecule has 28 heavy (non-hydrogen) atoms. The standard InChI is InChI=1S/C22H31N3O3/c1-3-6-14-9-10-18-19-16(12-25(18)22(14)28)17(13-26)20(24(19)11-4-2)21(27)23-15-7-5-8-15/h3,6,9-10,15-17,19-20,26H,4-5,7-8,11-13H2,1-2H3,(H,23,27)/b6-3+/t16-,17-,19+,20-/m0/s1. The van der Waals surface area contributed by atoms with Crippen LogP contribution in [-0.4, -0.2) is 45.7 Å². The topological polar surface area (TPSA) is 74.6 Å². The van der Waals surface area contributed by atoms with E-state index in [0.717, 1.165) is 31.5 Å². The van der Waals surface area contributed by atoms with Crippen LogP contribution in [0.5, 0.6) is 0 Å². The number of hydrogen-bond acceptors (Lipinski definition) is 4. The first-order valence-electron chi connectivity index (χ1n) is 10.6. The zero-order chi connectivity index (χ0) is 19.8. The lowest BCUT2D eigenvalue weighted by Crippen LogP contribution is -2.52. The Hall–Kier alpha value is -1.92. The van der Waals surface area contributed by atoms with Gasteiger partial charge in [0.05, 0.1) is 12.1 Å². The normalized spacial score (nSPS) is 29.7. The fourth-order valence-corrected chi connectivity index (χ4v) is 5.29. The number of pyridine rings is 1. The van der Waals surface area contributed by atoms with E-state index in [0.29, 0.717) is 12.1 Å². The smallest absolute Gasteiger partial charge is 0.258 e. The van der Waals surface area contributed by atoms with Gasteiger partial charge < -0.3 is 15.0 Å². The molecule has 0 unspecified atom stereocenters. The highest BCUT2D eigenvalue weighted by Crippen LogP contribution is 2.49. The summed E-state index contributed by atoms with van der Waals surface area (Å²) in [5.74, 6) is -0.0191. The third-order valence-corrected chi connectivity index (χ3v) is 6.77. The molecule has 1 saturated carbocycles. The summed E-state index contributed by atoms with van der Waals surface area (Å²) in [5.41, 5.74) is 1.69. The molecule has 3 aliphatic rings. The van der Waals surface area contributed by atoms with E-state index in [4.69, 9.17) is 0 Å². The average Bonchev–Trinajstić information content (AvgIpc) is 3.16. The molecule has 0 spiro atoms. The summed E-state index contributed by atoms with van der Waals surface area (Å²) in [4.78, 5) is 28.3. The highest BCUT2D eigenvalue weighted by Gasteiger charge is 2.55. The number of allylic oxidation sites excluding steroid dienone is 1. The minimum Gasteiger partial charge on any atom is -0.396 e. The number of amides is 1. The van der Waals surface area contributed by atoms with Crippen molar-refractivity contribution in [2.24, 2.45) is 11.8 Å². The van der Waals surface area contributed by atoms with Gasteiger partial charge >= 0.3 is 0 Å². The van der Waals surface area contributed by atoms with Crippen LogP contribution in [0.15, 0.2) is 23.0 Å². The van der Waals surface area contributed by atoms with E-state index >= 15 is 0 Å². The summed E-state index contributed by atoms with van der Waals surface area (Å²) in [6.07, 6.45) is 7.92. The predicted molar refractivity (Wildman–Crippen MR) is 109 cm³/mol. The molecule has 1 aromatic heterocycles. The third kappa shape index (κ3) is 3.03. The van der Waals surface area contributed by atoms with Crippen LogP contribution in [0.3, 0.4) is 0 Å². The zero-order valence-electron chi connectivity index (χ0n) is 16.8. The number of carbonyl (C=O) groups is 1. The molecule has 0 radical (unpaired) electrons. The van der Waals surface area contributed by atoms with E-state index < -0.39 is 0 Å². The lowest BCUT2D eigenvalue weighted by molar-refractivity contribution is -0.129. The maximum absolute atomic E-state index is 13.1. The van der Waals surface area contributed by atoms with Gasteiger partial charge in [0.1, 0.15) is 0 Å². The monoisotopic (exact) mass is 385 g/mol. The maximum atomic E-state index is 13.1. The van der Waals surface area contributed by atoms with Crippen LogP contribution in [0.1, 0.15) is 56.8 Å². The summed E-state index contributed by atoms with van der Waals surface area (Å²) in [5, 5.41) is 13.4. The van der Waals surface area contributed by atoms with Crippen molar-refractivity contribution < 1.29 is 9.90 Å². The van der Waals surface area contributed by atoms with Crippen molar-refractivity contribution in [3.8, 4) is 0 Å². The Kier molecular flexibility index (Phi) is 5.43. The Morgan fingerprint density at radius 3 is 2.75 bits per heavy atom. The fraction of sp³-hybridized carbons (Fsp3) is 0.636. The average molecular weight is 386 g/mol. The van der Waals surface area contributed by atoms with Crippen LogP contribution in [0.25, 0.3) is 6.08 Å². The number of likely N-dealkylation sites (tertiary alicyclic amines) is 1. The van der Waals surface area contributed by atoms with E-state index in [2.05, 4.69) is 17.1 Å². The van der Waals surface area contributed by atoms with Crippen LogP contribution >= 0.6 is 0 Å². The van der Waals surface area contributed by atoms with Gasteiger partial charge in [-0.3, -0.25) is 14.5 Å². The molecule has 4 atom stereocenters. The van der Waals surface area contributed by atoms with E-state index in [1.165, 1.54) is 6.42 Å². The van der Waals surface area contributed by atoms with Gasteiger partial charge in [0.25, 0.3) is 5.56 Å². The maximum Gasteiger partial charge on any atom is 0.258 e. The molecular formula is C22H31N3O3. The first-order valence-corrected chi connectivity index (χ1v) is 10.6. The van der Waals surface area contributed by atoms with E-state index in [-0.39, 0.29) is 48.0 Å². The number of aliphatic hydroxyl groups is 1. The van der Waals surface area contributed by atoms with Gasteiger partial charge in [-0.15, -0.1) is 0 Å². The van der Waals surface area contributed by atoms with Gasteiger partial charge in [0, 0.05) is 42.3 Å². The number of carbonyl (C=O) groups excluding carboxylic acids is 1. The second-order valence-corrected chi connectivity index (χ2v) is 8.40. The first-order chi connectivity index (χ1) is 13.6. The Morgan fingerprint density at radius 1 is 1.36 bits per heavy atom. The van der Waals surface area contributed by atoms with Crippen LogP contribution in [-0.2, 0) is 11.3 Å². The molecule has 0 bridgehead atoms. The van der Waals surface area contributed by atoms with Crippen molar-refractivity contribution >= 4 is 12.0 Å². The number of fused-ring (bicyclic) bond motifs is 3. The molecule has 2 fully saturated rings. The summed E-state index contributed by atoms with van der Waals surface area (Å²) < 4.78 is 1.86. The highest BCUT2D eigenvalue weighted by molar-refractivity contribution is 5.83. The minimum atomic E-state index is -0.320. The Labute approximate surface area is 166 Å². The number of nitrogens with one attached hydrogen (secondary N) is 1. The molecule has 1 aliphatic carbocycles. The SMILES string of the molecule is C/C=C/c1ccc2n(c1=O)C[C@H]1[C@H](CO)[C@@H](C(=O)NC3CCC3)N(CCC)[C@@H]21. The summed E-state index contributed by atoms with van der Waals surface area (Å²) in [7, 11) is 0. The number of aliphatic hydroxyl groups excluding tert-OH is 1. The van der Waals surface area contributed by atoms with Crippen molar-refractivity contribution in [1.29, 1.82) is 0 Å². The molecule has 1 aromatic rings. The molecular weight excluding hydrogens is 354 g/mol. The van der Waals surface area contributed by atoms with Crippen LogP contribution in [0.2, 0.25) is 0 Å². The van der Waals surface area contributed by atoms with Gasteiger partial charge in [-0.2, -0.15) is 0 Å². The molecule has 1 saturated heterocycles. The second-order valence-electron chi connectivity index (χ2n) is 8.40. The van der Waals surface area contributed by atoms with Crippen LogP contribution in [0, 0.1) is 11.8 Å². The predicted octanol–water partition coefficient (Wildman–Crippen LogP) is 1.92. The number of aromatic nitrogens is 1. The Balaban J connectivity index is 1.70. The van der Waals surface area contributed by atoms with Crippen molar-refractivity contribution in [3.05, 3.63) is 39.8 Å². The van der Waals surface area contributed by atoms with Crippen molar-refractivity contribution in [1.82, 2.24) is 14.8 Å². The highest BCUT2D eigenvalue weighted by atomic mass is 16.3. The van der Waals surface area contributed by atoms with Gasteiger partial charge in [0.2, 0.25) is 5.91 Å². The van der Waals surface area contributed by atoms with E-state index in [9.17, 15) is 14.7 Å². The minimum absolute atomic E-state index is 0.0154. The van der Waals surface area contributed by atoms with Crippen LogP contribution < -0.4 is 10.9 Å². The van der Waals surface area contributed by atoms with Crippen molar-refractivity contribution in [3.63, 3.8) is 0 Å². The number of hydrogen-bond donors (Lipinski definition) is 2. The Morgan fingerprint density at radius 2 is 2.14 bits per heavy atom. The molecule has 1 amide bonds. The summed E-state index contributed by atoms with van der Waals surface area (Å²) in [6, 6.07) is 3.90. The number of rotatable bonds is 6. The first kappa shape index (κ1) is 19.4. The molecule has 6 nitrogen and oxygen atoms in total. The molecule has 4 rings (SSSR count). The molecule has 2 N–H and O–H groups in total. The van der Waals surface area contributed by atoms with Gasteiger partial charge in [-0.25, -0.2) is 0 Å².